The van der Waals surface area contributed by atoms with Crippen molar-refractivity contribution < 1.29 is 14.3 Å². The third kappa shape index (κ3) is 4.61. The van der Waals surface area contributed by atoms with E-state index in [2.05, 4.69) is 4.90 Å². The lowest BCUT2D eigenvalue weighted by molar-refractivity contribution is -0.132. The van der Waals surface area contributed by atoms with Crippen LogP contribution in [0.15, 0.2) is 18.2 Å². The number of hydrogen-bond acceptors (Lipinski definition) is 4. The number of piperazine rings is 1. The van der Waals surface area contributed by atoms with Crippen LogP contribution < -0.4 is 9.64 Å². The predicted molar refractivity (Wildman–Crippen MR) is 94.7 cm³/mol. The molecule has 0 aliphatic carbocycles. The molecule has 0 saturated carbocycles. The summed E-state index contributed by atoms with van der Waals surface area (Å²) in [6, 6.07) is 5.17. The second-order valence-electron chi connectivity index (χ2n) is 5.92. The Morgan fingerprint density at radius 3 is 2.46 bits per heavy atom. The highest BCUT2D eigenvalue weighted by Crippen LogP contribution is 2.29. The van der Waals surface area contributed by atoms with Gasteiger partial charge in [-0.3, -0.25) is 9.59 Å². The molecule has 7 heteroatoms. The number of amides is 2. The van der Waals surface area contributed by atoms with Crippen LogP contribution in [0.4, 0.5) is 5.69 Å². The van der Waals surface area contributed by atoms with Crippen molar-refractivity contribution in [1.82, 2.24) is 9.80 Å². The van der Waals surface area contributed by atoms with Gasteiger partial charge in [0, 0.05) is 51.8 Å². The normalized spacial score (nSPS) is 15.2. The van der Waals surface area contributed by atoms with E-state index in [9.17, 15) is 9.59 Å². The number of benzene rings is 1. The van der Waals surface area contributed by atoms with Crippen LogP contribution in [0.2, 0.25) is 5.02 Å². The van der Waals surface area contributed by atoms with Crippen LogP contribution in [0.5, 0.6) is 5.75 Å². The fourth-order valence-electron chi connectivity index (χ4n) is 2.71. The summed E-state index contributed by atoms with van der Waals surface area (Å²) in [6.45, 7) is 5.07. The molecular formula is C17H24ClN3O3. The molecule has 1 heterocycles. The number of hydrogen-bond donors (Lipinski definition) is 0. The van der Waals surface area contributed by atoms with Crippen molar-refractivity contribution in [1.29, 1.82) is 0 Å². The molecule has 132 valence electrons. The fourth-order valence-corrected chi connectivity index (χ4v) is 2.96. The predicted octanol–water partition coefficient (Wildman–Crippen LogP) is 1.87. The van der Waals surface area contributed by atoms with Crippen LogP contribution in [-0.4, -0.2) is 68.5 Å². The quantitative estimate of drug-likeness (QED) is 0.811. The number of nitrogens with zero attached hydrogens (tertiary/aromatic N) is 3. The van der Waals surface area contributed by atoms with Gasteiger partial charge in [-0.15, -0.1) is 0 Å². The Morgan fingerprint density at radius 1 is 1.25 bits per heavy atom. The van der Waals surface area contributed by atoms with E-state index in [0.717, 1.165) is 26.2 Å². The number of halogens is 1. The third-order valence-corrected chi connectivity index (χ3v) is 4.53. The van der Waals surface area contributed by atoms with E-state index in [1.807, 2.05) is 11.9 Å². The SMILES string of the molecule is COc1ccc(N(CCC(=O)N2CCN(C)CC2)C(C)=O)cc1Cl. The molecule has 0 unspecified atom stereocenters. The first-order valence-electron chi connectivity index (χ1n) is 8.00. The maximum Gasteiger partial charge on any atom is 0.224 e. The Labute approximate surface area is 147 Å². The summed E-state index contributed by atoms with van der Waals surface area (Å²) in [5.41, 5.74) is 0.666. The van der Waals surface area contributed by atoms with Gasteiger partial charge < -0.3 is 19.4 Å². The number of anilines is 1. The number of carbonyl (C=O) groups excluding carboxylic acids is 2. The number of likely N-dealkylation sites (N-methyl/N-ethyl adjacent to an activating group) is 1. The molecule has 24 heavy (non-hydrogen) atoms. The molecule has 0 spiro atoms. The van der Waals surface area contributed by atoms with Crippen LogP contribution in [0.25, 0.3) is 0 Å². The van der Waals surface area contributed by atoms with Crippen molar-refractivity contribution in [3.8, 4) is 5.75 Å². The highest BCUT2D eigenvalue weighted by atomic mass is 35.5. The van der Waals surface area contributed by atoms with E-state index >= 15 is 0 Å². The van der Waals surface area contributed by atoms with Crippen LogP contribution >= 0.6 is 11.6 Å². The Morgan fingerprint density at radius 2 is 1.92 bits per heavy atom. The molecule has 1 aromatic carbocycles. The van der Waals surface area contributed by atoms with Crippen LogP contribution in [-0.2, 0) is 9.59 Å². The number of rotatable bonds is 5. The molecule has 1 aliphatic rings. The smallest absolute Gasteiger partial charge is 0.224 e. The Hall–Kier alpha value is -1.79. The number of carbonyl (C=O) groups is 2. The van der Waals surface area contributed by atoms with Crippen molar-refractivity contribution in [2.45, 2.75) is 13.3 Å². The standard InChI is InChI=1S/C17H24ClN3O3/c1-13(22)21(14-4-5-16(24-3)15(18)12-14)7-6-17(23)20-10-8-19(2)9-11-20/h4-5,12H,6-11H2,1-3H3. The van der Waals surface area contributed by atoms with Gasteiger partial charge in [0.2, 0.25) is 11.8 Å². The Balaban J connectivity index is 2.00. The van der Waals surface area contributed by atoms with Crippen molar-refractivity contribution in [2.24, 2.45) is 0 Å². The van der Waals surface area contributed by atoms with E-state index in [0.29, 0.717) is 29.4 Å². The van der Waals surface area contributed by atoms with E-state index in [1.54, 1.807) is 30.2 Å². The van der Waals surface area contributed by atoms with Crippen molar-refractivity contribution in [3.63, 3.8) is 0 Å². The van der Waals surface area contributed by atoms with Crippen molar-refractivity contribution in [3.05, 3.63) is 23.2 Å². The zero-order valence-electron chi connectivity index (χ0n) is 14.4. The van der Waals surface area contributed by atoms with Crippen molar-refractivity contribution >= 4 is 29.1 Å². The summed E-state index contributed by atoms with van der Waals surface area (Å²) >= 11 is 6.13. The number of ether oxygens (including phenoxy) is 1. The zero-order valence-corrected chi connectivity index (χ0v) is 15.2. The summed E-state index contributed by atoms with van der Waals surface area (Å²) in [5.74, 6) is 0.508. The molecule has 0 radical (unpaired) electrons. The van der Waals surface area contributed by atoms with E-state index in [4.69, 9.17) is 16.3 Å². The van der Waals surface area contributed by atoms with Crippen molar-refractivity contribution in [2.75, 3.05) is 51.8 Å². The molecule has 0 bridgehead atoms. The summed E-state index contributed by atoms with van der Waals surface area (Å²) in [5, 5.41) is 0.437. The Kier molecular flexibility index (Phi) is 6.45. The first-order valence-corrected chi connectivity index (χ1v) is 8.38. The molecule has 2 rings (SSSR count). The second-order valence-corrected chi connectivity index (χ2v) is 6.33. The van der Waals surface area contributed by atoms with Gasteiger partial charge in [-0.05, 0) is 25.2 Å². The lowest BCUT2D eigenvalue weighted by Gasteiger charge is -2.33. The lowest BCUT2D eigenvalue weighted by atomic mass is 10.2. The molecule has 1 aliphatic heterocycles. The fraction of sp³-hybridized carbons (Fsp3) is 0.529. The molecule has 2 amide bonds. The summed E-state index contributed by atoms with van der Waals surface area (Å²) in [7, 11) is 3.59. The molecule has 1 saturated heterocycles. The first-order chi connectivity index (χ1) is 11.4. The minimum absolute atomic E-state index is 0.0777. The third-order valence-electron chi connectivity index (χ3n) is 4.23. The largest absolute Gasteiger partial charge is 0.495 e. The second kappa shape index (κ2) is 8.35. The monoisotopic (exact) mass is 353 g/mol. The van der Waals surface area contributed by atoms with Gasteiger partial charge in [-0.2, -0.15) is 0 Å². The maximum absolute atomic E-state index is 12.4. The topological polar surface area (TPSA) is 53.1 Å². The molecule has 0 aromatic heterocycles. The summed E-state index contributed by atoms with van der Waals surface area (Å²) in [6.07, 6.45) is 0.299. The molecule has 1 aromatic rings. The van der Waals surface area contributed by atoms with Gasteiger partial charge >= 0.3 is 0 Å². The minimum Gasteiger partial charge on any atom is -0.495 e. The van der Waals surface area contributed by atoms with Gasteiger partial charge in [0.05, 0.1) is 12.1 Å². The molecule has 0 atom stereocenters. The van der Waals surface area contributed by atoms with Gasteiger partial charge in [0.15, 0.2) is 0 Å². The van der Waals surface area contributed by atoms with Crippen LogP contribution in [0, 0.1) is 0 Å². The van der Waals surface area contributed by atoms with E-state index < -0.39 is 0 Å². The minimum atomic E-state index is -0.123. The molecular weight excluding hydrogens is 330 g/mol. The van der Waals surface area contributed by atoms with Gasteiger partial charge in [-0.1, -0.05) is 11.6 Å². The lowest BCUT2D eigenvalue weighted by Crippen LogP contribution is -2.47. The summed E-state index contributed by atoms with van der Waals surface area (Å²) in [4.78, 5) is 29.9. The molecule has 1 fully saturated rings. The highest BCUT2D eigenvalue weighted by molar-refractivity contribution is 6.32. The zero-order chi connectivity index (χ0) is 17.7. The van der Waals surface area contributed by atoms with Crippen LogP contribution in [0.1, 0.15) is 13.3 Å². The molecule has 0 N–H and O–H groups in total. The first kappa shape index (κ1) is 18.5. The van der Waals surface area contributed by atoms with Gasteiger partial charge in [0.25, 0.3) is 0 Å². The van der Waals surface area contributed by atoms with E-state index in [-0.39, 0.29) is 11.8 Å². The molecule has 6 nitrogen and oxygen atoms in total. The average Bonchev–Trinajstić information content (AvgIpc) is 2.55. The number of methoxy groups -OCH3 is 1. The Bertz CT molecular complexity index is 601. The van der Waals surface area contributed by atoms with Crippen LogP contribution in [0.3, 0.4) is 0 Å². The average molecular weight is 354 g/mol. The van der Waals surface area contributed by atoms with Gasteiger partial charge in [0.1, 0.15) is 5.75 Å². The highest BCUT2D eigenvalue weighted by Gasteiger charge is 2.21. The van der Waals surface area contributed by atoms with Gasteiger partial charge in [-0.25, -0.2) is 0 Å². The summed E-state index contributed by atoms with van der Waals surface area (Å²) < 4.78 is 5.13. The maximum atomic E-state index is 12.4. The van der Waals surface area contributed by atoms with E-state index in [1.165, 1.54) is 6.92 Å².